The normalized spacial score (nSPS) is 12.1. The molecule has 1 aromatic carbocycles. The third-order valence-corrected chi connectivity index (χ3v) is 2.39. The van der Waals surface area contributed by atoms with Crippen LogP contribution in [0, 0.1) is 0 Å². The number of esters is 1. The van der Waals surface area contributed by atoms with Crippen LogP contribution in [0.4, 0.5) is 0 Å². The van der Waals surface area contributed by atoms with Gasteiger partial charge in [-0.3, -0.25) is 0 Å². The summed E-state index contributed by atoms with van der Waals surface area (Å²) in [6.07, 6.45) is 1.40. The smallest absolute Gasteiger partial charge is 0.339 e. The van der Waals surface area contributed by atoms with E-state index in [0.29, 0.717) is 13.2 Å². The zero-order valence-electron chi connectivity index (χ0n) is 10.5. The zero-order chi connectivity index (χ0) is 12.5. The Morgan fingerprint density at radius 1 is 1.24 bits per heavy atom. The SMILES string of the molecule is CCCCOC(C(=O)OCC)c1ccccc1. The molecule has 0 bridgehead atoms. The molecule has 0 aliphatic heterocycles. The first kappa shape index (κ1) is 13.7. The van der Waals surface area contributed by atoms with E-state index in [9.17, 15) is 4.79 Å². The Hall–Kier alpha value is -1.35. The molecule has 94 valence electrons. The second kappa shape index (κ2) is 7.85. The summed E-state index contributed by atoms with van der Waals surface area (Å²) in [6.45, 7) is 4.84. The second-order valence-corrected chi connectivity index (χ2v) is 3.77. The fourth-order valence-corrected chi connectivity index (χ4v) is 1.49. The number of hydrogen-bond acceptors (Lipinski definition) is 3. The summed E-state index contributed by atoms with van der Waals surface area (Å²) < 4.78 is 10.6. The molecule has 0 spiro atoms. The Balaban J connectivity index is 2.68. The van der Waals surface area contributed by atoms with Gasteiger partial charge < -0.3 is 9.47 Å². The van der Waals surface area contributed by atoms with E-state index in [2.05, 4.69) is 6.92 Å². The maximum atomic E-state index is 11.8. The van der Waals surface area contributed by atoms with Crippen LogP contribution in [0.5, 0.6) is 0 Å². The molecule has 1 atom stereocenters. The van der Waals surface area contributed by atoms with Crippen molar-refractivity contribution in [3.05, 3.63) is 35.9 Å². The Morgan fingerprint density at radius 3 is 2.53 bits per heavy atom. The van der Waals surface area contributed by atoms with Gasteiger partial charge in [0, 0.05) is 6.61 Å². The molecule has 0 aliphatic carbocycles. The van der Waals surface area contributed by atoms with Crippen molar-refractivity contribution in [3.8, 4) is 0 Å². The van der Waals surface area contributed by atoms with E-state index >= 15 is 0 Å². The molecule has 1 unspecified atom stereocenters. The van der Waals surface area contributed by atoms with E-state index in [0.717, 1.165) is 18.4 Å². The summed E-state index contributed by atoms with van der Waals surface area (Å²) in [5.74, 6) is -0.310. The van der Waals surface area contributed by atoms with E-state index in [1.54, 1.807) is 6.92 Å². The van der Waals surface area contributed by atoms with Crippen molar-refractivity contribution in [2.24, 2.45) is 0 Å². The topological polar surface area (TPSA) is 35.5 Å². The first-order chi connectivity index (χ1) is 8.29. The highest BCUT2D eigenvalue weighted by molar-refractivity contribution is 5.76. The van der Waals surface area contributed by atoms with Crippen LogP contribution in [0.15, 0.2) is 30.3 Å². The van der Waals surface area contributed by atoms with Crippen LogP contribution in [-0.2, 0) is 14.3 Å². The Labute approximate surface area is 103 Å². The van der Waals surface area contributed by atoms with Gasteiger partial charge in [-0.1, -0.05) is 43.7 Å². The first-order valence-electron chi connectivity index (χ1n) is 6.12. The average molecular weight is 236 g/mol. The van der Waals surface area contributed by atoms with Crippen molar-refractivity contribution in [2.45, 2.75) is 32.8 Å². The molecule has 0 saturated heterocycles. The Morgan fingerprint density at radius 2 is 1.94 bits per heavy atom. The molecule has 1 rings (SSSR count). The molecule has 3 heteroatoms. The van der Waals surface area contributed by atoms with Gasteiger partial charge in [0.1, 0.15) is 0 Å². The van der Waals surface area contributed by atoms with Crippen molar-refractivity contribution in [2.75, 3.05) is 13.2 Å². The highest BCUT2D eigenvalue weighted by Gasteiger charge is 2.22. The van der Waals surface area contributed by atoms with Gasteiger partial charge in [-0.25, -0.2) is 4.79 Å². The van der Waals surface area contributed by atoms with Gasteiger partial charge in [0.2, 0.25) is 0 Å². The molecule has 0 amide bonds. The first-order valence-corrected chi connectivity index (χ1v) is 6.12. The maximum absolute atomic E-state index is 11.8. The Bertz CT molecular complexity index is 321. The number of carbonyl (C=O) groups is 1. The molecule has 0 aromatic heterocycles. The van der Waals surface area contributed by atoms with Gasteiger partial charge in [0.05, 0.1) is 6.61 Å². The molecule has 0 saturated carbocycles. The summed E-state index contributed by atoms with van der Waals surface area (Å²) in [7, 11) is 0. The van der Waals surface area contributed by atoms with Crippen LogP contribution in [0.3, 0.4) is 0 Å². The lowest BCUT2D eigenvalue weighted by molar-refractivity contribution is -0.157. The van der Waals surface area contributed by atoms with Crippen molar-refractivity contribution in [3.63, 3.8) is 0 Å². The lowest BCUT2D eigenvalue weighted by Crippen LogP contribution is -2.19. The van der Waals surface area contributed by atoms with Crippen molar-refractivity contribution >= 4 is 5.97 Å². The predicted molar refractivity (Wildman–Crippen MR) is 66.7 cm³/mol. The van der Waals surface area contributed by atoms with Crippen LogP contribution >= 0.6 is 0 Å². The molecule has 17 heavy (non-hydrogen) atoms. The molecular formula is C14H20O3. The number of carbonyl (C=O) groups excluding carboxylic acids is 1. The molecule has 0 heterocycles. The number of benzene rings is 1. The molecule has 0 fully saturated rings. The van der Waals surface area contributed by atoms with E-state index in [-0.39, 0.29) is 5.97 Å². The van der Waals surface area contributed by atoms with Crippen LogP contribution in [0.2, 0.25) is 0 Å². The predicted octanol–water partition coefficient (Wildman–Crippen LogP) is 3.11. The van der Waals surface area contributed by atoms with Crippen molar-refractivity contribution in [1.82, 2.24) is 0 Å². The van der Waals surface area contributed by atoms with Crippen molar-refractivity contribution < 1.29 is 14.3 Å². The van der Waals surface area contributed by atoms with E-state index < -0.39 is 6.10 Å². The lowest BCUT2D eigenvalue weighted by Gasteiger charge is -2.16. The number of unbranched alkanes of at least 4 members (excludes halogenated alkanes) is 1. The third-order valence-electron chi connectivity index (χ3n) is 2.39. The molecule has 1 aromatic rings. The van der Waals surface area contributed by atoms with E-state index in [1.807, 2.05) is 30.3 Å². The fraction of sp³-hybridized carbons (Fsp3) is 0.500. The Kier molecular flexibility index (Phi) is 6.33. The third kappa shape index (κ3) is 4.57. The minimum Gasteiger partial charge on any atom is -0.464 e. The standard InChI is InChI=1S/C14H20O3/c1-3-5-11-17-13(14(15)16-4-2)12-9-7-6-8-10-12/h6-10,13H,3-5,11H2,1-2H3. The summed E-state index contributed by atoms with van der Waals surface area (Å²) in [5.41, 5.74) is 0.849. The van der Waals surface area contributed by atoms with Gasteiger partial charge in [-0.2, -0.15) is 0 Å². The van der Waals surface area contributed by atoms with E-state index in [1.165, 1.54) is 0 Å². The van der Waals surface area contributed by atoms with Gasteiger partial charge in [-0.15, -0.1) is 0 Å². The molecule has 0 radical (unpaired) electrons. The molecule has 0 aliphatic rings. The summed E-state index contributed by atoms with van der Waals surface area (Å²) in [5, 5.41) is 0. The molecule has 3 nitrogen and oxygen atoms in total. The van der Waals surface area contributed by atoms with Gasteiger partial charge in [0.15, 0.2) is 6.10 Å². The summed E-state index contributed by atoms with van der Waals surface area (Å²) in [6, 6.07) is 9.47. The minimum absolute atomic E-state index is 0.310. The molecule has 0 N–H and O–H groups in total. The highest BCUT2D eigenvalue weighted by Crippen LogP contribution is 2.19. The number of rotatable bonds is 7. The highest BCUT2D eigenvalue weighted by atomic mass is 16.6. The van der Waals surface area contributed by atoms with Crippen LogP contribution in [0.1, 0.15) is 38.4 Å². The van der Waals surface area contributed by atoms with Crippen LogP contribution in [0.25, 0.3) is 0 Å². The molecular weight excluding hydrogens is 216 g/mol. The van der Waals surface area contributed by atoms with E-state index in [4.69, 9.17) is 9.47 Å². The summed E-state index contributed by atoms with van der Waals surface area (Å²) in [4.78, 5) is 11.8. The second-order valence-electron chi connectivity index (χ2n) is 3.77. The van der Waals surface area contributed by atoms with Crippen molar-refractivity contribution in [1.29, 1.82) is 0 Å². The monoisotopic (exact) mass is 236 g/mol. The van der Waals surface area contributed by atoms with Gasteiger partial charge >= 0.3 is 5.97 Å². The van der Waals surface area contributed by atoms with Crippen LogP contribution < -0.4 is 0 Å². The van der Waals surface area contributed by atoms with Crippen LogP contribution in [-0.4, -0.2) is 19.2 Å². The zero-order valence-corrected chi connectivity index (χ0v) is 10.5. The van der Waals surface area contributed by atoms with Gasteiger partial charge in [0.25, 0.3) is 0 Å². The quantitative estimate of drug-likeness (QED) is 0.539. The summed E-state index contributed by atoms with van der Waals surface area (Å²) >= 11 is 0. The fourth-order valence-electron chi connectivity index (χ4n) is 1.49. The lowest BCUT2D eigenvalue weighted by atomic mass is 10.1. The largest absolute Gasteiger partial charge is 0.464 e. The number of ether oxygens (including phenoxy) is 2. The number of hydrogen-bond donors (Lipinski definition) is 0. The average Bonchev–Trinajstić information content (AvgIpc) is 2.36. The van der Waals surface area contributed by atoms with Gasteiger partial charge in [-0.05, 0) is 18.9 Å². The minimum atomic E-state index is -0.595. The maximum Gasteiger partial charge on any atom is 0.339 e.